The number of hydrogen-bond donors (Lipinski definition) is 1. The highest BCUT2D eigenvalue weighted by Crippen LogP contribution is 2.36. The molecule has 5 aromatic carbocycles. The number of rotatable bonds is 8. The maximum absolute atomic E-state index is 14.3. The normalized spacial score (nSPS) is 12.8. The van der Waals surface area contributed by atoms with Crippen LogP contribution in [0.2, 0.25) is 5.02 Å². The Morgan fingerprint density at radius 2 is 1.48 bits per heavy atom. The summed E-state index contributed by atoms with van der Waals surface area (Å²) in [6.45, 7) is 0.576. The molecule has 0 radical (unpaired) electrons. The smallest absolute Gasteiger partial charge is 0.416 e. The second kappa shape index (κ2) is 14.1. The van der Waals surface area contributed by atoms with E-state index in [-0.39, 0.29) is 29.6 Å². The van der Waals surface area contributed by atoms with Crippen LogP contribution < -0.4 is 14.8 Å². The number of hydrogen-bond acceptors (Lipinski definition) is 4. The molecule has 1 aliphatic heterocycles. The van der Waals surface area contributed by atoms with E-state index in [4.69, 9.17) is 21.1 Å². The van der Waals surface area contributed by atoms with Gasteiger partial charge in [-0.1, -0.05) is 48.0 Å². The molecule has 11 heteroatoms. The number of amides is 2. The van der Waals surface area contributed by atoms with Crippen molar-refractivity contribution in [2.24, 2.45) is 0 Å². The number of ether oxygens (including phenoxy) is 2. The van der Waals surface area contributed by atoms with Gasteiger partial charge < -0.3 is 24.3 Å². The molecule has 2 amide bonds. The van der Waals surface area contributed by atoms with Gasteiger partial charge in [0.05, 0.1) is 19.8 Å². The Balaban J connectivity index is 1.22. The first-order valence-corrected chi connectivity index (χ1v) is 16.9. The first-order valence-electron chi connectivity index (χ1n) is 16.5. The van der Waals surface area contributed by atoms with E-state index in [0.717, 1.165) is 28.3 Å². The first-order chi connectivity index (χ1) is 25.0. The van der Waals surface area contributed by atoms with E-state index in [9.17, 15) is 22.8 Å². The van der Waals surface area contributed by atoms with Gasteiger partial charge in [0.25, 0.3) is 11.8 Å². The Kier molecular flexibility index (Phi) is 9.42. The molecular weight excluding hydrogens is 691 g/mol. The van der Waals surface area contributed by atoms with Crippen LogP contribution in [0, 0.1) is 0 Å². The molecule has 6 aromatic rings. The number of fused-ring (bicyclic) bond motifs is 2. The molecule has 1 N–H and O–H groups in total. The summed E-state index contributed by atoms with van der Waals surface area (Å²) in [7, 11) is 3.12. The van der Waals surface area contributed by atoms with Crippen molar-refractivity contribution in [2.45, 2.75) is 25.7 Å². The van der Waals surface area contributed by atoms with Crippen LogP contribution in [0.15, 0.2) is 109 Å². The highest BCUT2D eigenvalue weighted by molar-refractivity contribution is 6.30. The minimum Gasteiger partial charge on any atom is -0.493 e. The van der Waals surface area contributed by atoms with Crippen molar-refractivity contribution in [1.82, 2.24) is 9.47 Å². The van der Waals surface area contributed by atoms with Crippen LogP contribution in [0.4, 0.5) is 18.9 Å². The summed E-state index contributed by atoms with van der Waals surface area (Å²) in [6.07, 6.45) is -3.98. The summed E-state index contributed by atoms with van der Waals surface area (Å²) in [5.41, 5.74) is 4.94. The van der Waals surface area contributed by atoms with E-state index in [2.05, 4.69) is 5.32 Å². The zero-order valence-corrected chi connectivity index (χ0v) is 29.0. The Labute approximate surface area is 303 Å². The van der Waals surface area contributed by atoms with Gasteiger partial charge in [-0.2, -0.15) is 13.2 Å². The lowest BCUT2D eigenvalue weighted by Crippen LogP contribution is -2.37. The molecule has 0 bridgehead atoms. The monoisotopic (exact) mass is 723 g/mol. The van der Waals surface area contributed by atoms with E-state index >= 15 is 0 Å². The second-order valence-electron chi connectivity index (χ2n) is 12.5. The lowest BCUT2D eigenvalue weighted by atomic mass is 9.98. The van der Waals surface area contributed by atoms with Crippen LogP contribution in [0.1, 0.15) is 43.1 Å². The predicted molar refractivity (Wildman–Crippen MR) is 195 cm³/mol. The zero-order valence-electron chi connectivity index (χ0n) is 28.3. The molecule has 7 rings (SSSR count). The molecule has 0 saturated heterocycles. The average molecular weight is 724 g/mol. The number of carbonyl (C=O) groups excluding carboxylic acids is 2. The molecule has 1 aromatic heterocycles. The average Bonchev–Trinajstić information content (AvgIpc) is 3.51. The molecule has 0 aliphatic carbocycles. The highest BCUT2D eigenvalue weighted by Gasteiger charge is 2.34. The largest absolute Gasteiger partial charge is 0.493 e. The van der Waals surface area contributed by atoms with E-state index in [1.54, 1.807) is 72.2 Å². The van der Waals surface area contributed by atoms with E-state index in [1.807, 2.05) is 42.5 Å². The molecule has 2 heterocycles. The van der Waals surface area contributed by atoms with Gasteiger partial charge in [0.2, 0.25) is 0 Å². The van der Waals surface area contributed by atoms with Crippen LogP contribution in [0.3, 0.4) is 0 Å². The van der Waals surface area contributed by atoms with Crippen LogP contribution >= 0.6 is 11.6 Å². The fraction of sp³-hybridized carbons (Fsp3) is 0.171. The van der Waals surface area contributed by atoms with Crippen molar-refractivity contribution in [1.29, 1.82) is 0 Å². The van der Waals surface area contributed by atoms with E-state index < -0.39 is 11.7 Å². The van der Waals surface area contributed by atoms with Crippen molar-refractivity contribution < 1.29 is 32.2 Å². The zero-order chi connectivity index (χ0) is 36.6. The molecule has 1 aliphatic rings. The quantitative estimate of drug-likeness (QED) is 0.170. The maximum Gasteiger partial charge on any atom is 0.416 e. The summed E-state index contributed by atoms with van der Waals surface area (Å²) >= 11 is 5.94. The molecule has 264 valence electrons. The third-order valence-corrected chi connectivity index (χ3v) is 9.61. The molecule has 7 nitrogen and oxygen atoms in total. The minimum absolute atomic E-state index is 0.0580. The number of nitrogens with one attached hydrogen (secondary N) is 1. The summed E-state index contributed by atoms with van der Waals surface area (Å²) in [6, 6.07) is 30.5. The van der Waals surface area contributed by atoms with Crippen molar-refractivity contribution in [3.63, 3.8) is 0 Å². The molecular formula is C41H33ClF3N3O4. The topological polar surface area (TPSA) is 72.8 Å². The fourth-order valence-electron chi connectivity index (χ4n) is 6.67. The standard InChI is InChI=1S/C41H33ClF3N3O4/c1-51-37-21-28-17-18-47(23-31(28)22-38(37)52-2)40(50)36-20-30-19-27(11-16-35(30)48(36)24-29-5-3-4-6-34(29)41(43,44)45)25-9-14-33(15-10-25)46-39(49)26-7-12-32(42)13-8-26/h3-16,19-22H,17-18,23-24H2,1-2H3,(H,46,49). The van der Waals surface area contributed by atoms with Crippen molar-refractivity contribution in [3.8, 4) is 22.6 Å². The van der Waals surface area contributed by atoms with Crippen LogP contribution in [-0.2, 0) is 25.7 Å². The highest BCUT2D eigenvalue weighted by atomic mass is 35.5. The third-order valence-electron chi connectivity index (χ3n) is 9.36. The molecule has 0 saturated carbocycles. The second-order valence-corrected chi connectivity index (χ2v) is 13.0. The Morgan fingerprint density at radius 1 is 0.808 bits per heavy atom. The summed E-state index contributed by atoms with van der Waals surface area (Å²) in [5, 5.41) is 4.12. The van der Waals surface area contributed by atoms with E-state index in [1.165, 1.54) is 12.1 Å². The number of aromatic nitrogens is 1. The Hall–Kier alpha value is -5.74. The van der Waals surface area contributed by atoms with Crippen molar-refractivity contribution in [3.05, 3.63) is 148 Å². The number of methoxy groups -OCH3 is 2. The van der Waals surface area contributed by atoms with Crippen LogP contribution in [0.25, 0.3) is 22.0 Å². The lowest BCUT2D eigenvalue weighted by molar-refractivity contribution is -0.138. The Bertz CT molecular complexity index is 2300. The van der Waals surface area contributed by atoms with Gasteiger partial charge in [-0.15, -0.1) is 0 Å². The van der Waals surface area contributed by atoms with Crippen molar-refractivity contribution >= 4 is 40.0 Å². The molecule has 0 spiro atoms. The van der Waals surface area contributed by atoms with Crippen LogP contribution in [0.5, 0.6) is 11.5 Å². The van der Waals surface area contributed by atoms with Gasteiger partial charge in [0.15, 0.2) is 11.5 Å². The number of alkyl halides is 3. The van der Waals surface area contributed by atoms with E-state index in [0.29, 0.717) is 58.2 Å². The SMILES string of the molecule is COc1cc2c(cc1OC)CN(C(=O)c1cc3cc(-c4ccc(NC(=O)c5ccc(Cl)cc5)cc4)ccc3n1Cc1ccccc1C(F)(F)F)CC2. The molecule has 0 fully saturated rings. The van der Waals surface area contributed by atoms with Crippen LogP contribution in [-0.4, -0.2) is 42.0 Å². The maximum atomic E-state index is 14.3. The fourth-order valence-corrected chi connectivity index (χ4v) is 6.80. The Morgan fingerprint density at radius 3 is 2.17 bits per heavy atom. The van der Waals surface area contributed by atoms with Gasteiger partial charge in [0, 0.05) is 46.8 Å². The predicted octanol–water partition coefficient (Wildman–Crippen LogP) is 9.50. The summed E-state index contributed by atoms with van der Waals surface area (Å²) < 4.78 is 54.9. The number of nitrogens with zero attached hydrogens (tertiary/aromatic N) is 2. The van der Waals surface area contributed by atoms with Crippen molar-refractivity contribution in [2.75, 3.05) is 26.1 Å². The number of anilines is 1. The van der Waals surface area contributed by atoms with Gasteiger partial charge in [0.1, 0.15) is 5.69 Å². The van der Waals surface area contributed by atoms with Gasteiger partial charge in [-0.3, -0.25) is 9.59 Å². The number of halogens is 4. The third kappa shape index (κ3) is 6.94. The lowest BCUT2D eigenvalue weighted by Gasteiger charge is -2.30. The first kappa shape index (κ1) is 34.7. The molecule has 0 atom stereocenters. The summed E-state index contributed by atoms with van der Waals surface area (Å²) in [5.74, 6) is 0.603. The summed E-state index contributed by atoms with van der Waals surface area (Å²) in [4.78, 5) is 28.7. The number of benzene rings is 5. The molecule has 52 heavy (non-hydrogen) atoms. The van der Waals surface area contributed by atoms with Gasteiger partial charge in [-0.25, -0.2) is 0 Å². The number of carbonyl (C=O) groups is 2. The van der Waals surface area contributed by atoms with Gasteiger partial charge >= 0.3 is 6.18 Å². The van der Waals surface area contributed by atoms with Gasteiger partial charge in [-0.05, 0) is 107 Å². The molecule has 0 unspecified atom stereocenters. The minimum atomic E-state index is -4.56.